The van der Waals surface area contributed by atoms with Crippen LogP contribution in [0.3, 0.4) is 0 Å². The highest BCUT2D eigenvalue weighted by Crippen LogP contribution is 2.34. The molecule has 0 unspecified atom stereocenters. The fourth-order valence-corrected chi connectivity index (χ4v) is 1.77. The Morgan fingerprint density at radius 2 is 1.59 bits per heavy atom. The van der Waals surface area contributed by atoms with Gasteiger partial charge in [0, 0.05) is 16.7 Å². The molecule has 0 aliphatic carbocycles. The maximum Gasteiger partial charge on any atom is 0.126 e. The van der Waals surface area contributed by atoms with Gasteiger partial charge in [-0.25, -0.2) is 8.78 Å². The molecule has 2 aromatic rings. The van der Waals surface area contributed by atoms with Crippen molar-refractivity contribution < 1.29 is 13.9 Å². The lowest BCUT2D eigenvalue weighted by Crippen LogP contribution is -1.86. The van der Waals surface area contributed by atoms with E-state index in [1.54, 1.807) is 13.0 Å². The minimum absolute atomic E-state index is 0.106. The molecule has 0 fully saturated rings. The van der Waals surface area contributed by atoms with Crippen LogP contribution in [0.2, 0.25) is 5.02 Å². The van der Waals surface area contributed by atoms with Crippen molar-refractivity contribution in [1.82, 2.24) is 0 Å². The van der Waals surface area contributed by atoms with E-state index in [0.717, 1.165) is 23.8 Å². The van der Waals surface area contributed by atoms with E-state index in [0.29, 0.717) is 10.6 Å². The minimum atomic E-state index is -0.688. The van der Waals surface area contributed by atoms with Gasteiger partial charge in [-0.15, -0.1) is 0 Å². The van der Waals surface area contributed by atoms with Gasteiger partial charge in [0.2, 0.25) is 0 Å². The molecule has 0 aliphatic rings. The Morgan fingerprint density at radius 1 is 1.00 bits per heavy atom. The van der Waals surface area contributed by atoms with Gasteiger partial charge in [-0.1, -0.05) is 11.6 Å². The van der Waals surface area contributed by atoms with Crippen LogP contribution >= 0.6 is 11.6 Å². The van der Waals surface area contributed by atoms with Crippen LogP contribution in [0.4, 0.5) is 8.78 Å². The molecule has 0 saturated heterocycles. The number of halogens is 3. The number of rotatable bonds is 1. The third-order valence-corrected chi connectivity index (χ3v) is 2.86. The van der Waals surface area contributed by atoms with E-state index < -0.39 is 11.6 Å². The molecular formula is C13H9ClF2O. The van der Waals surface area contributed by atoms with Gasteiger partial charge in [0.05, 0.1) is 0 Å². The second kappa shape index (κ2) is 4.34. The summed E-state index contributed by atoms with van der Waals surface area (Å²) in [4.78, 5) is 0. The molecule has 0 bridgehead atoms. The molecule has 88 valence electrons. The molecule has 0 heterocycles. The standard InChI is InChI=1S/C13H9ClF2O/c1-7-2-11(13(17)6-12(7)14)8-3-9(15)5-10(16)4-8/h2-6,17H,1H3. The van der Waals surface area contributed by atoms with Gasteiger partial charge in [0.15, 0.2) is 0 Å². The second-order valence-electron chi connectivity index (χ2n) is 3.78. The maximum absolute atomic E-state index is 13.1. The van der Waals surface area contributed by atoms with Crippen molar-refractivity contribution in [2.24, 2.45) is 0 Å². The summed E-state index contributed by atoms with van der Waals surface area (Å²) in [5.74, 6) is -1.48. The van der Waals surface area contributed by atoms with Crippen molar-refractivity contribution in [1.29, 1.82) is 0 Å². The lowest BCUT2D eigenvalue weighted by atomic mass is 10.0. The number of aryl methyl sites for hydroxylation is 1. The molecule has 0 aromatic heterocycles. The zero-order valence-electron chi connectivity index (χ0n) is 8.97. The first kappa shape index (κ1) is 11.9. The Morgan fingerprint density at radius 3 is 2.18 bits per heavy atom. The topological polar surface area (TPSA) is 20.2 Å². The lowest BCUT2D eigenvalue weighted by Gasteiger charge is -2.08. The first-order valence-electron chi connectivity index (χ1n) is 4.93. The molecule has 0 radical (unpaired) electrons. The van der Waals surface area contributed by atoms with Crippen LogP contribution in [0, 0.1) is 18.6 Å². The molecule has 1 N–H and O–H groups in total. The first-order valence-corrected chi connectivity index (χ1v) is 5.31. The third kappa shape index (κ3) is 2.39. The van der Waals surface area contributed by atoms with E-state index in [1.807, 2.05) is 0 Å². The summed E-state index contributed by atoms with van der Waals surface area (Å²) in [6, 6.07) is 6.04. The maximum atomic E-state index is 13.1. The van der Waals surface area contributed by atoms with Gasteiger partial charge in [-0.05, 0) is 42.3 Å². The van der Waals surface area contributed by atoms with Crippen molar-refractivity contribution in [3.05, 3.63) is 52.6 Å². The summed E-state index contributed by atoms with van der Waals surface area (Å²) in [6.45, 7) is 1.75. The van der Waals surface area contributed by atoms with Crippen molar-refractivity contribution in [2.75, 3.05) is 0 Å². The summed E-state index contributed by atoms with van der Waals surface area (Å²) in [5.41, 5.74) is 1.36. The fourth-order valence-electron chi connectivity index (χ4n) is 1.61. The summed E-state index contributed by atoms with van der Waals surface area (Å²) in [6.07, 6.45) is 0. The number of phenolic OH excluding ortho intramolecular Hbond substituents is 1. The predicted molar refractivity (Wildman–Crippen MR) is 63.2 cm³/mol. The Labute approximate surface area is 102 Å². The van der Waals surface area contributed by atoms with E-state index in [4.69, 9.17) is 11.6 Å². The van der Waals surface area contributed by atoms with Gasteiger partial charge >= 0.3 is 0 Å². The highest BCUT2D eigenvalue weighted by atomic mass is 35.5. The normalized spacial score (nSPS) is 10.6. The smallest absolute Gasteiger partial charge is 0.126 e. The Bertz CT molecular complexity index is 562. The SMILES string of the molecule is Cc1cc(-c2cc(F)cc(F)c2)c(O)cc1Cl. The van der Waals surface area contributed by atoms with E-state index in [2.05, 4.69) is 0 Å². The number of benzene rings is 2. The molecule has 0 spiro atoms. The second-order valence-corrected chi connectivity index (χ2v) is 4.18. The molecular weight excluding hydrogens is 246 g/mol. The average Bonchev–Trinajstić information content (AvgIpc) is 2.22. The summed E-state index contributed by atoms with van der Waals surface area (Å²) in [5, 5.41) is 10.1. The average molecular weight is 255 g/mol. The van der Waals surface area contributed by atoms with Crippen molar-refractivity contribution in [2.45, 2.75) is 6.92 Å². The number of hydrogen-bond donors (Lipinski definition) is 1. The van der Waals surface area contributed by atoms with Crippen LogP contribution in [0.25, 0.3) is 11.1 Å². The molecule has 0 saturated carbocycles. The van der Waals surface area contributed by atoms with E-state index in [9.17, 15) is 13.9 Å². The first-order chi connectivity index (χ1) is 7.97. The summed E-state index contributed by atoms with van der Waals surface area (Å²) >= 11 is 5.83. The van der Waals surface area contributed by atoms with Crippen molar-refractivity contribution in [3.63, 3.8) is 0 Å². The van der Waals surface area contributed by atoms with Crippen LogP contribution in [-0.2, 0) is 0 Å². The third-order valence-electron chi connectivity index (χ3n) is 2.45. The molecule has 1 nitrogen and oxygen atoms in total. The monoisotopic (exact) mass is 254 g/mol. The Kier molecular flexibility index (Phi) is 3.03. The molecule has 2 rings (SSSR count). The van der Waals surface area contributed by atoms with Gasteiger partial charge in [-0.3, -0.25) is 0 Å². The predicted octanol–water partition coefficient (Wildman–Crippen LogP) is 4.30. The molecule has 0 amide bonds. The van der Waals surface area contributed by atoms with E-state index >= 15 is 0 Å². The van der Waals surface area contributed by atoms with Crippen LogP contribution < -0.4 is 0 Å². The molecule has 4 heteroatoms. The molecule has 2 aromatic carbocycles. The molecule has 0 atom stereocenters. The molecule has 0 aliphatic heterocycles. The highest BCUT2D eigenvalue weighted by Gasteiger charge is 2.10. The Balaban J connectivity index is 2.64. The minimum Gasteiger partial charge on any atom is -0.507 e. The zero-order valence-corrected chi connectivity index (χ0v) is 9.72. The quantitative estimate of drug-likeness (QED) is 0.804. The summed E-state index contributed by atoms with van der Waals surface area (Å²) < 4.78 is 26.2. The van der Waals surface area contributed by atoms with Crippen LogP contribution in [-0.4, -0.2) is 5.11 Å². The molecule has 17 heavy (non-hydrogen) atoms. The van der Waals surface area contributed by atoms with Crippen molar-refractivity contribution in [3.8, 4) is 16.9 Å². The van der Waals surface area contributed by atoms with Crippen LogP contribution in [0.5, 0.6) is 5.75 Å². The Hall–Kier alpha value is -1.61. The number of aromatic hydroxyl groups is 1. The van der Waals surface area contributed by atoms with Crippen molar-refractivity contribution >= 4 is 11.6 Å². The van der Waals surface area contributed by atoms with E-state index in [-0.39, 0.29) is 11.3 Å². The van der Waals surface area contributed by atoms with Gasteiger partial charge in [0.1, 0.15) is 17.4 Å². The number of hydrogen-bond acceptors (Lipinski definition) is 1. The highest BCUT2D eigenvalue weighted by molar-refractivity contribution is 6.31. The number of phenols is 1. The zero-order chi connectivity index (χ0) is 12.6. The van der Waals surface area contributed by atoms with Crippen LogP contribution in [0.1, 0.15) is 5.56 Å². The fraction of sp³-hybridized carbons (Fsp3) is 0.0769. The lowest BCUT2D eigenvalue weighted by molar-refractivity contribution is 0.477. The largest absolute Gasteiger partial charge is 0.507 e. The summed E-state index contributed by atoms with van der Waals surface area (Å²) in [7, 11) is 0. The van der Waals surface area contributed by atoms with Gasteiger partial charge < -0.3 is 5.11 Å². The van der Waals surface area contributed by atoms with Gasteiger partial charge in [0.25, 0.3) is 0 Å². The van der Waals surface area contributed by atoms with Gasteiger partial charge in [-0.2, -0.15) is 0 Å². The van der Waals surface area contributed by atoms with E-state index in [1.165, 1.54) is 6.07 Å². The van der Waals surface area contributed by atoms with Crippen LogP contribution in [0.15, 0.2) is 30.3 Å².